The maximum atomic E-state index is 3.61. The van der Waals surface area contributed by atoms with Crippen molar-refractivity contribution >= 4 is 27.3 Å². The highest BCUT2D eigenvalue weighted by Gasteiger charge is 2.13. The standard InChI is InChI=1S/C14H20BrNS/c1-4-6-7-8-12(16-9-5-2)13-10-11(3)14(15)17-13/h10,12,16H,5,7-9H2,1-3H3. The third-order valence-electron chi connectivity index (χ3n) is 2.60. The van der Waals surface area contributed by atoms with E-state index >= 15 is 0 Å². The third-order valence-corrected chi connectivity index (χ3v) is 4.85. The van der Waals surface area contributed by atoms with E-state index in [1.54, 1.807) is 0 Å². The van der Waals surface area contributed by atoms with E-state index in [2.05, 4.69) is 53.0 Å². The van der Waals surface area contributed by atoms with Gasteiger partial charge in [-0.3, -0.25) is 0 Å². The lowest BCUT2D eigenvalue weighted by Crippen LogP contribution is -2.21. The molecular formula is C14H20BrNS. The van der Waals surface area contributed by atoms with Crippen LogP contribution in [0.2, 0.25) is 0 Å². The molecule has 0 spiro atoms. The Labute approximate surface area is 117 Å². The van der Waals surface area contributed by atoms with Gasteiger partial charge in [-0.15, -0.1) is 23.2 Å². The van der Waals surface area contributed by atoms with Crippen LogP contribution >= 0.6 is 27.3 Å². The molecule has 1 aromatic rings. The van der Waals surface area contributed by atoms with Gasteiger partial charge in [0.1, 0.15) is 0 Å². The molecule has 0 amide bonds. The van der Waals surface area contributed by atoms with E-state index in [9.17, 15) is 0 Å². The second kappa shape index (κ2) is 7.92. The lowest BCUT2D eigenvalue weighted by atomic mass is 10.1. The molecule has 1 unspecified atom stereocenters. The Balaban J connectivity index is 2.69. The lowest BCUT2D eigenvalue weighted by molar-refractivity contribution is 0.512. The number of rotatable bonds is 6. The number of aryl methyl sites for hydroxylation is 1. The van der Waals surface area contributed by atoms with Gasteiger partial charge < -0.3 is 5.32 Å². The molecule has 0 saturated carbocycles. The first-order chi connectivity index (χ1) is 8.19. The fraction of sp³-hybridized carbons (Fsp3) is 0.571. The molecule has 0 radical (unpaired) electrons. The molecule has 0 bridgehead atoms. The van der Waals surface area contributed by atoms with Crippen molar-refractivity contribution in [3.8, 4) is 11.8 Å². The molecule has 94 valence electrons. The zero-order valence-electron chi connectivity index (χ0n) is 10.8. The summed E-state index contributed by atoms with van der Waals surface area (Å²) < 4.78 is 1.25. The topological polar surface area (TPSA) is 12.0 Å². The molecule has 17 heavy (non-hydrogen) atoms. The van der Waals surface area contributed by atoms with Crippen molar-refractivity contribution < 1.29 is 0 Å². The minimum atomic E-state index is 0.450. The SMILES string of the molecule is CC#CCCC(NCCC)c1cc(C)c(Br)s1. The molecule has 0 saturated heterocycles. The van der Waals surface area contributed by atoms with Crippen LogP contribution in [0.25, 0.3) is 0 Å². The van der Waals surface area contributed by atoms with Gasteiger partial charge in [0.15, 0.2) is 0 Å². The molecule has 1 rings (SSSR count). The van der Waals surface area contributed by atoms with Crippen molar-refractivity contribution in [1.82, 2.24) is 5.32 Å². The summed E-state index contributed by atoms with van der Waals surface area (Å²) in [5.74, 6) is 6.11. The normalized spacial score (nSPS) is 12.0. The van der Waals surface area contributed by atoms with Gasteiger partial charge in [-0.1, -0.05) is 6.92 Å². The van der Waals surface area contributed by atoms with Crippen LogP contribution in [0.15, 0.2) is 9.85 Å². The fourth-order valence-corrected chi connectivity index (χ4v) is 3.34. The highest BCUT2D eigenvalue weighted by atomic mass is 79.9. The van der Waals surface area contributed by atoms with Gasteiger partial charge in [0.25, 0.3) is 0 Å². The van der Waals surface area contributed by atoms with Crippen molar-refractivity contribution in [2.24, 2.45) is 0 Å². The maximum Gasteiger partial charge on any atom is 0.0731 e. The highest BCUT2D eigenvalue weighted by Crippen LogP contribution is 2.33. The summed E-state index contributed by atoms with van der Waals surface area (Å²) in [7, 11) is 0. The Morgan fingerprint density at radius 2 is 2.29 bits per heavy atom. The fourth-order valence-electron chi connectivity index (χ4n) is 1.66. The molecule has 1 atom stereocenters. The Bertz CT molecular complexity index is 381. The van der Waals surface area contributed by atoms with Crippen LogP contribution in [-0.4, -0.2) is 6.54 Å². The van der Waals surface area contributed by atoms with E-state index in [0.717, 1.165) is 19.4 Å². The lowest BCUT2D eigenvalue weighted by Gasteiger charge is -2.15. The van der Waals surface area contributed by atoms with Crippen LogP contribution in [0.4, 0.5) is 0 Å². The van der Waals surface area contributed by atoms with Gasteiger partial charge in [0.2, 0.25) is 0 Å². The number of hydrogen-bond donors (Lipinski definition) is 1. The largest absolute Gasteiger partial charge is 0.309 e. The minimum Gasteiger partial charge on any atom is -0.309 e. The van der Waals surface area contributed by atoms with Crippen LogP contribution in [-0.2, 0) is 0 Å². The van der Waals surface area contributed by atoms with E-state index in [1.807, 2.05) is 18.3 Å². The molecular weight excluding hydrogens is 294 g/mol. The summed E-state index contributed by atoms with van der Waals surface area (Å²) in [5, 5.41) is 3.61. The smallest absolute Gasteiger partial charge is 0.0731 e. The molecule has 0 aliphatic rings. The van der Waals surface area contributed by atoms with Crippen LogP contribution in [0.3, 0.4) is 0 Å². The summed E-state index contributed by atoms with van der Waals surface area (Å²) in [6.07, 6.45) is 3.22. The van der Waals surface area contributed by atoms with Gasteiger partial charge in [-0.2, -0.15) is 0 Å². The summed E-state index contributed by atoms with van der Waals surface area (Å²) in [4.78, 5) is 1.42. The van der Waals surface area contributed by atoms with Crippen molar-refractivity contribution in [3.63, 3.8) is 0 Å². The summed E-state index contributed by atoms with van der Waals surface area (Å²) in [5.41, 5.74) is 1.33. The molecule has 0 fully saturated rings. The van der Waals surface area contributed by atoms with Gasteiger partial charge >= 0.3 is 0 Å². The number of nitrogens with one attached hydrogen (secondary N) is 1. The maximum absolute atomic E-state index is 3.61. The number of thiophene rings is 1. The molecule has 0 aliphatic heterocycles. The Kier molecular flexibility index (Phi) is 6.87. The molecule has 0 aliphatic carbocycles. The second-order valence-corrected chi connectivity index (χ2v) is 6.48. The first kappa shape index (κ1) is 14.8. The first-order valence-corrected chi connectivity index (χ1v) is 7.68. The average molecular weight is 314 g/mol. The predicted octanol–water partition coefficient (Wildman–Crippen LogP) is 4.66. The van der Waals surface area contributed by atoms with Gasteiger partial charge in [0.05, 0.1) is 3.79 Å². The summed E-state index contributed by atoms with van der Waals surface area (Å²) >= 11 is 5.43. The molecule has 3 heteroatoms. The average Bonchev–Trinajstić information content (AvgIpc) is 2.64. The van der Waals surface area contributed by atoms with E-state index in [0.29, 0.717) is 6.04 Å². The van der Waals surface area contributed by atoms with Crippen molar-refractivity contribution in [2.45, 2.75) is 46.1 Å². The number of halogens is 1. The van der Waals surface area contributed by atoms with Crippen molar-refractivity contribution in [1.29, 1.82) is 0 Å². The van der Waals surface area contributed by atoms with Crippen LogP contribution in [0, 0.1) is 18.8 Å². The predicted molar refractivity (Wildman–Crippen MR) is 80.5 cm³/mol. The molecule has 0 aromatic carbocycles. The van der Waals surface area contributed by atoms with E-state index in [1.165, 1.54) is 20.6 Å². The summed E-state index contributed by atoms with van der Waals surface area (Å²) in [6, 6.07) is 2.73. The minimum absolute atomic E-state index is 0.450. The number of hydrogen-bond acceptors (Lipinski definition) is 2. The van der Waals surface area contributed by atoms with E-state index < -0.39 is 0 Å². The second-order valence-electron chi connectivity index (χ2n) is 4.08. The Morgan fingerprint density at radius 1 is 1.53 bits per heavy atom. The van der Waals surface area contributed by atoms with Gasteiger partial charge in [0, 0.05) is 17.3 Å². The van der Waals surface area contributed by atoms with Crippen LogP contribution < -0.4 is 5.32 Å². The molecule has 1 aromatic heterocycles. The van der Waals surface area contributed by atoms with Gasteiger partial charge in [-0.25, -0.2) is 0 Å². The Morgan fingerprint density at radius 3 is 2.82 bits per heavy atom. The summed E-state index contributed by atoms with van der Waals surface area (Å²) in [6.45, 7) is 7.32. The van der Waals surface area contributed by atoms with E-state index in [4.69, 9.17) is 0 Å². The van der Waals surface area contributed by atoms with Crippen molar-refractivity contribution in [3.05, 3.63) is 20.3 Å². The first-order valence-electron chi connectivity index (χ1n) is 6.07. The molecule has 1 nitrogen and oxygen atoms in total. The highest BCUT2D eigenvalue weighted by molar-refractivity contribution is 9.11. The third kappa shape index (κ3) is 4.83. The molecule has 1 N–H and O–H groups in total. The zero-order valence-corrected chi connectivity index (χ0v) is 13.2. The van der Waals surface area contributed by atoms with E-state index in [-0.39, 0.29) is 0 Å². The van der Waals surface area contributed by atoms with Crippen LogP contribution in [0.1, 0.15) is 49.6 Å². The monoisotopic (exact) mass is 313 g/mol. The van der Waals surface area contributed by atoms with Crippen LogP contribution in [0.5, 0.6) is 0 Å². The zero-order chi connectivity index (χ0) is 12.7. The van der Waals surface area contributed by atoms with Gasteiger partial charge in [-0.05, 0) is 60.8 Å². The Hall–Kier alpha value is -0.300. The molecule has 1 heterocycles. The quantitative estimate of drug-likeness (QED) is 0.753. The van der Waals surface area contributed by atoms with Crippen molar-refractivity contribution in [2.75, 3.05) is 6.54 Å².